The van der Waals surface area contributed by atoms with Gasteiger partial charge in [0.25, 0.3) is 0 Å². The minimum absolute atomic E-state index is 0.0722. The van der Waals surface area contributed by atoms with Gasteiger partial charge < -0.3 is 9.84 Å². The minimum Gasteiger partial charge on any atom is -0.481 e. The van der Waals surface area contributed by atoms with Gasteiger partial charge in [0, 0.05) is 24.4 Å². The molecule has 2 rings (SSSR count). The number of aryl methyl sites for hydroxylation is 1. The lowest BCUT2D eigenvalue weighted by Crippen LogP contribution is -2.02. The molecule has 2 heterocycles. The third-order valence-corrected chi connectivity index (χ3v) is 2.48. The quantitative estimate of drug-likeness (QED) is 0.878. The van der Waals surface area contributed by atoms with E-state index in [9.17, 15) is 0 Å². The molecular formula is C13H15N3O2. The number of pyridine rings is 1. The topological polar surface area (TPSA) is 68.1 Å². The first-order chi connectivity index (χ1) is 8.71. The van der Waals surface area contributed by atoms with E-state index in [0.717, 1.165) is 11.3 Å². The summed E-state index contributed by atoms with van der Waals surface area (Å²) < 4.78 is 5.00. The number of aliphatic hydroxyl groups is 1. The first-order valence-corrected chi connectivity index (χ1v) is 5.64. The summed E-state index contributed by atoms with van der Waals surface area (Å²) in [6.45, 7) is 1.81. The van der Waals surface area contributed by atoms with E-state index in [4.69, 9.17) is 9.84 Å². The van der Waals surface area contributed by atoms with Gasteiger partial charge in [-0.25, -0.2) is 15.0 Å². The third kappa shape index (κ3) is 3.01. The molecule has 0 bridgehead atoms. The maximum Gasteiger partial charge on any atom is 0.212 e. The fourth-order valence-corrected chi connectivity index (χ4v) is 1.68. The number of nitrogens with zero attached hydrogens (tertiary/aromatic N) is 3. The highest BCUT2D eigenvalue weighted by Crippen LogP contribution is 2.10. The fourth-order valence-electron chi connectivity index (χ4n) is 1.68. The van der Waals surface area contributed by atoms with Gasteiger partial charge in [-0.3, -0.25) is 0 Å². The Morgan fingerprint density at radius 1 is 1.28 bits per heavy atom. The lowest BCUT2D eigenvalue weighted by molar-refractivity contribution is 0.276. The Kier molecular flexibility index (Phi) is 3.84. The Morgan fingerprint density at radius 2 is 2.11 bits per heavy atom. The molecule has 0 aliphatic rings. The summed E-state index contributed by atoms with van der Waals surface area (Å²) in [7, 11) is 1.58. The molecule has 1 N–H and O–H groups in total. The SMILES string of the molecule is COc1ccc(Cc2nc(C)cc(CO)n2)cn1. The molecule has 0 saturated heterocycles. The van der Waals surface area contributed by atoms with Crippen LogP contribution in [0.4, 0.5) is 0 Å². The van der Waals surface area contributed by atoms with Gasteiger partial charge in [-0.15, -0.1) is 0 Å². The van der Waals surface area contributed by atoms with E-state index in [2.05, 4.69) is 15.0 Å². The second-order valence-corrected chi connectivity index (χ2v) is 3.96. The van der Waals surface area contributed by atoms with Gasteiger partial charge in [0.2, 0.25) is 5.88 Å². The molecule has 2 aromatic rings. The first-order valence-electron chi connectivity index (χ1n) is 5.64. The van der Waals surface area contributed by atoms with E-state index in [1.54, 1.807) is 25.4 Å². The van der Waals surface area contributed by atoms with E-state index < -0.39 is 0 Å². The van der Waals surface area contributed by atoms with Crippen molar-refractivity contribution in [1.82, 2.24) is 15.0 Å². The zero-order valence-corrected chi connectivity index (χ0v) is 10.4. The number of methoxy groups -OCH3 is 1. The van der Waals surface area contributed by atoms with Crippen LogP contribution < -0.4 is 4.74 Å². The van der Waals surface area contributed by atoms with Crippen molar-refractivity contribution >= 4 is 0 Å². The van der Waals surface area contributed by atoms with Crippen LogP contribution in [0.3, 0.4) is 0 Å². The van der Waals surface area contributed by atoms with Crippen LogP contribution in [0.15, 0.2) is 24.4 Å². The molecule has 0 amide bonds. The van der Waals surface area contributed by atoms with Gasteiger partial charge in [-0.2, -0.15) is 0 Å². The number of aromatic nitrogens is 3. The highest BCUT2D eigenvalue weighted by molar-refractivity contribution is 5.21. The van der Waals surface area contributed by atoms with Crippen molar-refractivity contribution in [1.29, 1.82) is 0 Å². The van der Waals surface area contributed by atoms with Crippen LogP contribution in [0.25, 0.3) is 0 Å². The Labute approximate surface area is 106 Å². The van der Waals surface area contributed by atoms with Crippen LogP contribution in [0.1, 0.15) is 22.8 Å². The van der Waals surface area contributed by atoms with Gasteiger partial charge in [-0.1, -0.05) is 6.07 Å². The van der Waals surface area contributed by atoms with Crippen molar-refractivity contribution in [3.8, 4) is 5.88 Å². The van der Waals surface area contributed by atoms with E-state index in [1.807, 2.05) is 13.0 Å². The van der Waals surface area contributed by atoms with Gasteiger partial charge in [0.05, 0.1) is 19.4 Å². The highest BCUT2D eigenvalue weighted by Gasteiger charge is 2.04. The summed E-state index contributed by atoms with van der Waals surface area (Å²) >= 11 is 0. The maximum atomic E-state index is 9.10. The van der Waals surface area contributed by atoms with Crippen molar-refractivity contribution in [3.63, 3.8) is 0 Å². The zero-order valence-electron chi connectivity index (χ0n) is 10.4. The standard InChI is InChI=1S/C13H15N3O2/c1-9-5-11(8-17)16-12(15-9)6-10-3-4-13(18-2)14-7-10/h3-5,7,17H,6,8H2,1-2H3. The molecule has 0 atom stereocenters. The summed E-state index contributed by atoms with van der Waals surface area (Å²) in [4.78, 5) is 12.7. The fraction of sp³-hybridized carbons (Fsp3) is 0.308. The lowest BCUT2D eigenvalue weighted by atomic mass is 10.2. The summed E-state index contributed by atoms with van der Waals surface area (Å²) in [5.41, 5.74) is 2.50. The maximum absolute atomic E-state index is 9.10. The molecule has 18 heavy (non-hydrogen) atoms. The molecule has 0 aliphatic heterocycles. The molecule has 0 fully saturated rings. The first kappa shape index (κ1) is 12.4. The largest absolute Gasteiger partial charge is 0.481 e. The highest BCUT2D eigenvalue weighted by atomic mass is 16.5. The van der Waals surface area contributed by atoms with Gasteiger partial charge in [-0.05, 0) is 18.6 Å². The molecule has 0 radical (unpaired) electrons. The van der Waals surface area contributed by atoms with E-state index in [-0.39, 0.29) is 6.61 Å². The van der Waals surface area contributed by atoms with Crippen LogP contribution >= 0.6 is 0 Å². The molecule has 5 heteroatoms. The zero-order chi connectivity index (χ0) is 13.0. The van der Waals surface area contributed by atoms with Crippen LogP contribution in [-0.4, -0.2) is 27.2 Å². The molecule has 0 saturated carbocycles. The molecule has 2 aromatic heterocycles. The predicted molar refractivity (Wildman–Crippen MR) is 66.3 cm³/mol. The van der Waals surface area contributed by atoms with Crippen molar-refractivity contribution < 1.29 is 9.84 Å². The normalized spacial score (nSPS) is 10.4. The second-order valence-electron chi connectivity index (χ2n) is 3.96. The number of aliphatic hydroxyl groups excluding tert-OH is 1. The number of hydrogen-bond acceptors (Lipinski definition) is 5. The Morgan fingerprint density at radius 3 is 2.72 bits per heavy atom. The number of rotatable bonds is 4. The molecule has 5 nitrogen and oxygen atoms in total. The summed E-state index contributed by atoms with van der Waals surface area (Å²) in [5.74, 6) is 1.27. The Hall–Kier alpha value is -2.01. The molecule has 0 aromatic carbocycles. The number of hydrogen-bond donors (Lipinski definition) is 1. The van der Waals surface area contributed by atoms with Crippen molar-refractivity contribution in [3.05, 3.63) is 47.2 Å². The number of ether oxygens (including phenoxy) is 1. The average Bonchev–Trinajstić information content (AvgIpc) is 2.39. The molecular weight excluding hydrogens is 230 g/mol. The summed E-state index contributed by atoms with van der Waals surface area (Å²) in [5, 5.41) is 9.10. The molecule has 94 valence electrons. The molecule has 0 aliphatic carbocycles. The van der Waals surface area contributed by atoms with Gasteiger partial charge in [0.15, 0.2) is 0 Å². The van der Waals surface area contributed by atoms with E-state index in [0.29, 0.717) is 23.8 Å². The Balaban J connectivity index is 2.19. The summed E-state index contributed by atoms with van der Waals surface area (Å²) in [6, 6.07) is 5.50. The molecule has 0 spiro atoms. The minimum atomic E-state index is -0.0722. The smallest absolute Gasteiger partial charge is 0.212 e. The van der Waals surface area contributed by atoms with Crippen LogP contribution in [0.5, 0.6) is 5.88 Å². The predicted octanol–water partition coefficient (Wildman–Crippen LogP) is 1.27. The van der Waals surface area contributed by atoms with Crippen molar-refractivity contribution in [2.24, 2.45) is 0 Å². The van der Waals surface area contributed by atoms with Gasteiger partial charge in [0.1, 0.15) is 5.82 Å². The Bertz CT molecular complexity index is 526. The van der Waals surface area contributed by atoms with Crippen LogP contribution in [0, 0.1) is 6.92 Å². The van der Waals surface area contributed by atoms with E-state index in [1.165, 1.54) is 0 Å². The monoisotopic (exact) mass is 245 g/mol. The van der Waals surface area contributed by atoms with Crippen LogP contribution in [-0.2, 0) is 13.0 Å². The van der Waals surface area contributed by atoms with E-state index >= 15 is 0 Å². The molecule has 0 unspecified atom stereocenters. The average molecular weight is 245 g/mol. The van der Waals surface area contributed by atoms with Crippen molar-refractivity contribution in [2.75, 3.05) is 7.11 Å². The lowest BCUT2D eigenvalue weighted by Gasteiger charge is -2.05. The van der Waals surface area contributed by atoms with Crippen molar-refractivity contribution in [2.45, 2.75) is 20.0 Å². The summed E-state index contributed by atoms with van der Waals surface area (Å²) in [6.07, 6.45) is 2.33. The second kappa shape index (κ2) is 5.55. The third-order valence-electron chi connectivity index (χ3n) is 2.48. The van der Waals surface area contributed by atoms with Crippen LogP contribution in [0.2, 0.25) is 0 Å². The van der Waals surface area contributed by atoms with Gasteiger partial charge >= 0.3 is 0 Å².